The van der Waals surface area contributed by atoms with Crippen molar-refractivity contribution in [3.05, 3.63) is 47.4 Å². The van der Waals surface area contributed by atoms with E-state index in [2.05, 4.69) is 24.1 Å². The van der Waals surface area contributed by atoms with E-state index in [1.807, 2.05) is 18.7 Å². The first-order chi connectivity index (χ1) is 17.4. The molecule has 3 aliphatic heterocycles. The zero-order valence-corrected chi connectivity index (χ0v) is 22.3. The van der Waals surface area contributed by atoms with Gasteiger partial charge in [0.2, 0.25) is 11.8 Å². The number of benzene rings is 1. The lowest BCUT2D eigenvalue weighted by Gasteiger charge is -2.41. The van der Waals surface area contributed by atoms with E-state index >= 15 is 0 Å². The Labute approximate surface area is 218 Å². The van der Waals surface area contributed by atoms with Gasteiger partial charge in [0.1, 0.15) is 5.82 Å². The van der Waals surface area contributed by atoms with Gasteiger partial charge in [0.15, 0.2) is 0 Å². The van der Waals surface area contributed by atoms with Gasteiger partial charge in [-0.1, -0.05) is 32.9 Å². The Morgan fingerprint density at radius 3 is 2.57 bits per heavy atom. The third kappa shape index (κ3) is 6.33. The summed E-state index contributed by atoms with van der Waals surface area (Å²) in [4.78, 5) is 31.8. The monoisotopic (exact) mass is 510 g/mol. The van der Waals surface area contributed by atoms with Crippen molar-refractivity contribution in [3.8, 4) is 0 Å². The molecule has 200 valence electrons. The molecule has 9 heteroatoms. The molecule has 3 N–H and O–H groups in total. The summed E-state index contributed by atoms with van der Waals surface area (Å²) in [6.45, 7) is 11.4. The van der Waals surface area contributed by atoms with E-state index in [0.29, 0.717) is 56.3 Å². The van der Waals surface area contributed by atoms with Crippen molar-refractivity contribution < 1.29 is 14.0 Å². The number of halogens is 1. The molecule has 3 heterocycles. The number of likely N-dealkylation sites (tertiary alicyclic amines) is 2. The predicted molar refractivity (Wildman–Crippen MR) is 142 cm³/mol. The molecule has 1 aromatic rings. The number of carbonyl (C=O) groups excluding carboxylic acids is 2. The molecular formula is C28H39FN6O2. The highest BCUT2D eigenvalue weighted by atomic mass is 19.1. The second kappa shape index (κ2) is 10.8. The highest BCUT2D eigenvalue weighted by molar-refractivity contribution is 6.11. The zero-order chi connectivity index (χ0) is 26.9. The van der Waals surface area contributed by atoms with Gasteiger partial charge in [-0.3, -0.25) is 14.5 Å². The van der Waals surface area contributed by atoms with Crippen LogP contribution in [0, 0.1) is 28.0 Å². The fourth-order valence-corrected chi connectivity index (χ4v) is 5.52. The first-order valence-corrected chi connectivity index (χ1v) is 13.1. The van der Waals surface area contributed by atoms with Crippen LogP contribution in [0.1, 0.15) is 39.7 Å². The molecule has 3 saturated heterocycles. The molecule has 1 aromatic carbocycles. The number of nitrogens with zero attached hydrogens (tertiary/aromatic N) is 3. The molecule has 3 atom stereocenters. The van der Waals surface area contributed by atoms with Crippen LogP contribution in [-0.2, 0) is 16.0 Å². The summed E-state index contributed by atoms with van der Waals surface area (Å²) in [5.41, 5.74) is 1.34. The topological polar surface area (TPSA) is 104 Å². The van der Waals surface area contributed by atoms with Crippen molar-refractivity contribution in [2.75, 3.05) is 39.3 Å². The van der Waals surface area contributed by atoms with Crippen molar-refractivity contribution in [2.45, 2.75) is 52.6 Å². The van der Waals surface area contributed by atoms with Gasteiger partial charge in [-0.05, 0) is 36.6 Å². The Morgan fingerprint density at radius 1 is 1.22 bits per heavy atom. The second-order valence-electron chi connectivity index (χ2n) is 11.6. The van der Waals surface area contributed by atoms with E-state index in [1.54, 1.807) is 23.1 Å². The van der Waals surface area contributed by atoms with Gasteiger partial charge in [0.05, 0.1) is 18.0 Å². The maximum atomic E-state index is 13.7. The number of amides is 2. The van der Waals surface area contributed by atoms with E-state index in [1.165, 1.54) is 12.1 Å². The van der Waals surface area contributed by atoms with E-state index in [9.17, 15) is 14.0 Å². The third-order valence-corrected chi connectivity index (χ3v) is 7.60. The van der Waals surface area contributed by atoms with E-state index in [4.69, 9.17) is 10.8 Å². The summed E-state index contributed by atoms with van der Waals surface area (Å²) in [6.07, 6.45) is 2.48. The Kier molecular flexibility index (Phi) is 7.94. The number of piperazine rings is 1. The molecule has 0 saturated carbocycles. The smallest absolute Gasteiger partial charge is 0.241 e. The Hall–Kier alpha value is -2.91. The van der Waals surface area contributed by atoms with E-state index in [0.717, 1.165) is 12.1 Å². The summed E-state index contributed by atoms with van der Waals surface area (Å²) in [5.74, 6) is 0.107. The van der Waals surface area contributed by atoms with Crippen LogP contribution in [0.5, 0.6) is 0 Å². The molecule has 3 aliphatic rings. The second-order valence-corrected chi connectivity index (χ2v) is 11.6. The van der Waals surface area contributed by atoms with Gasteiger partial charge in [-0.15, -0.1) is 0 Å². The van der Waals surface area contributed by atoms with Crippen molar-refractivity contribution >= 4 is 23.2 Å². The number of carbonyl (C=O) groups is 2. The van der Waals surface area contributed by atoms with Crippen LogP contribution in [0.25, 0.3) is 0 Å². The van der Waals surface area contributed by atoms with Crippen LogP contribution in [0.3, 0.4) is 0 Å². The van der Waals surface area contributed by atoms with Crippen LogP contribution >= 0.6 is 0 Å². The molecule has 3 fully saturated rings. The highest BCUT2D eigenvalue weighted by Crippen LogP contribution is 2.34. The quantitative estimate of drug-likeness (QED) is 0.491. The van der Waals surface area contributed by atoms with Gasteiger partial charge in [0, 0.05) is 68.8 Å². The summed E-state index contributed by atoms with van der Waals surface area (Å²) < 4.78 is 13.3. The number of hydrogen-bond acceptors (Lipinski definition) is 6. The van der Waals surface area contributed by atoms with Crippen molar-refractivity contribution in [1.82, 2.24) is 20.0 Å². The maximum Gasteiger partial charge on any atom is 0.241 e. The van der Waals surface area contributed by atoms with Gasteiger partial charge >= 0.3 is 0 Å². The molecule has 0 spiro atoms. The minimum atomic E-state index is -0.522. The lowest BCUT2D eigenvalue weighted by Crippen LogP contribution is -2.60. The van der Waals surface area contributed by atoms with Crippen molar-refractivity contribution in [1.29, 1.82) is 10.8 Å². The average Bonchev–Trinajstić information content (AvgIpc) is 3.26. The average molecular weight is 511 g/mol. The first kappa shape index (κ1) is 27.1. The van der Waals surface area contributed by atoms with Crippen LogP contribution in [0.4, 0.5) is 4.39 Å². The Bertz CT molecular complexity index is 1100. The van der Waals surface area contributed by atoms with E-state index in [-0.39, 0.29) is 42.0 Å². The van der Waals surface area contributed by atoms with Crippen molar-refractivity contribution in [2.24, 2.45) is 11.3 Å². The summed E-state index contributed by atoms with van der Waals surface area (Å²) in [7, 11) is 0. The summed E-state index contributed by atoms with van der Waals surface area (Å²) in [5, 5.41) is 20.7. The number of allylic oxidation sites excluding steroid dienone is 2. The molecule has 0 aromatic heterocycles. The molecule has 0 aliphatic carbocycles. The number of hydrogen-bond donors (Lipinski definition) is 3. The molecule has 0 bridgehead atoms. The molecule has 37 heavy (non-hydrogen) atoms. The third-order valence-electron chi connectivity index (χ3n) is 7.60. The van der Waals surface area contributed by atoms with Crippen LogP contribution < -0.4 is 5.32 Å². The number of nitrogens with one attached hydrogen (secondary N) is 3. The zero-order valence-electron chi connectivity index (χ0n) is 22.3. The van der Waals surface area contributed by atoms with Gasteiger partial charge in [-0.2, -0.15) is 0 Å². The predicted octanol–water partition coefficient (Wildman–Crippen LogP) is 2.69. The van der Waals surface area contributed by atoms with E-state index < -0.39 is 5.41 Å². The lowest BCUT2D eigenvalue weighted by atomic mass is 9.89. The first-order valence-electron chi connectivity index (χ1n) is 13.1. The van der Waals surface area contributed by atoms with Crippen molar-refractivity contribution in [3.63, 3.8) is 0 Å². The minimum absolute atomic E-state index is 0.0358. The summed E-state index contributed by atoms with van der Waals surface area (Å²) in [6, 6.07) is 6.29. The SMILES string of the molecule is C[C@H]1CC(=O)N(C[C@H]2CN[C@H](C)CN2CC(=O)N2CC(C)(C)C(=N)/C2=C\C(=N)Cc2ccc(F)cc2)C1. The fourth-order valence-electron chi connectivity index (χ4n) is 5.52. The summed E-state index contributed by atoms with van der Waals surface area (Å²) >= 11 is 0. The van der Waals surface area contributed by atoms with Crippen LogP contribution in [0.2, 0.25) is 0 Å². The highest BCUT2D eigenvalue weighted by Gasteiger charge is 2.42. The van der Waals surface area contributed by atoms with Gasteiger partial charge in [0.25, 0.3) is 0 Å². The number of rotatable bonds is 7. The fraction of sp³-hybridized carbons (Fsp3) is 0.571. The maximum absolute atomic E-state index is 13.7. The van der Waals surface area contributed by atoms with Crippen LogP contribution in [-0.4, -0.2) is 89.3 Å². The minimum Gasteiger partial charge on any atom is -0.341 e. The molecule has 4 rings (SSSR count). The normalized spacial score (nSPS) is 27.4. The Balaban J connectivity index is 1.49. The molecule has 8 nitrogen and oxygen atoms in total. The standard InChI is InChI=1S/C28H39FN6O2/c1-18-9-25(36)34(13-18)15-23-12-32-19(2)14-33(23)16-26(37)35-17-28(3,4)27(31)24(35)11-22(30)10-20-5-7-21(29)8-6-20/h5-8,11,18-19,23,30-32H,9-10,12-17H2,1-4H3/b24-11+,30-22?,31-27?/t18-,19+,23+/m0/s1. The molecular weight excluding hydrogens is 471 g/mol. The largest absolute Gasteiger partial charge is 0.341 e. The lowest BCUT2D eigenvalue weighted by molar-refractivity contribution is -0.131. The Morgan fingerprint density at radius 2 is 1.92 bits per heavy atom. The van der Waals surface area contributed by atoms with Gasteiger partial charge < -0.3 is 25.9 Å². The molecule has 2 amide bonds. The van der Waals surface area contributed by atoms with Crippen LogP contribution in [0.15, 0.2) is 36.0 Å². The van der Waals surface area contributed by atoms with Gasteiger partial charge in [-0.25, -0.2) is 4.39 Å². The molecule has 0 radical (unpaired) electrons. The molecule has 0 unspecified atom stereocenters.